The van der Waals surface area contributed by atoms with Crippen molar-refractivity contribution in [3.63, 3.8) is 0 Å². The van der Waals surface area contributed by atoms with Gasteiger partial charge in [-0.3, -0.25) is 14.6 Å². The fraction of sp³-hybridized carbons (Fsp3) is 0.618. The van der Waals surface area contributed by atoms with Gasteiger partial charge in [0.25, 0.3) is 0 Å². The van der Waals surface area contributed by atoms with E-state index in [0.717, 1.165) is 62.4 Å². The molecule has 1 aromatic carbocycles. The predicted octanol–water partition coefficient (Wildman–Crippen LogP) is 5.41. The molecule has 0 spiro atoms. The summed E-state index contributed by atoms with van der Waals surface area (Å²) < 4.78 is 0. The molecule has 2 aliphatic heterocycles. The monoisotopic (exact) mass is 570 g/mol. The number of amides is 3. The summed E-state index contributed by atoms with van der Waals surface area (Å²) in [6, 6.07) is 12.7. The van der Waals surface area contributed by atoms with Gasteiger partial charge in [-0.2, -0.15) is 0 Å². The van der Waals surface area contributed by atoms with Crippen LogP contribution in [0.25, 0.3) is 0 Å². The zero-order valence-electron chi connectivity index (χ0n) is 25.4. The summed E-state index contributed by atoms with van der Waals surface area (Å²) in [7, 11) is 0. The van der Waals surface area contributed by atoms with E-state index in [-0.39, 0.29) is 28.9 Å². The molecular weight excluding hydrogens is 524 g/mol. The van der Waals surface area contributed by atoms with Crippen molar-refractivity contribution < 1.29 is 9.59 Å². The lowest BCUT2D eigenvalue weighted by molar-refractivity contribution is -0.145. The number of carbonyl (C=O) groups excluding carboxylic acids is 2. The van der Waals surface area contributed by atoms with Crippen molar-refractivity contribution in [1.82, 2.24) is 15.2 Å². The first-order valence-electron chi connectivity index (χ1n) is 16.1. The fourth-order valence-electron chi connectivity index (χ4n) is 9.28. The molecule has 8 nitrogen and oxygen atoms in total. The summed E-state index contributed by atoms with van der Waals surface area (Å²) in [6.45, 7) is 10.4. The number of primary amides is 1. The minimum atomic E-state index is -0.345. The first-order valence-corrected chi connectivity index (χ1v) is 16.1. The van der Waals surface area contributed by atoms with Crippen LogP contribution in [0.2, 0.25) is 0 Å². The Morgan fingerprint density at radius 1 is 0.929 bits per heavy atom. The van der Waals surface area contributed by atoms with Crippen LogP contribution in [0, 0.1) is 23.2 Å². The van der Waals surface area contributed by atoms with E-state index in [1.807, 2.05) is 23.1 Å². The second kappa shape index (κ2) is 10.2. The number of nitrogens with zero attached hydrogens (tertiary/aromatic N) is 4. The Hall–Kier alpha value is -3.13. The Bertz CT molecular complexity index is 1330. The van der Waals surface area contributed by atoms with E-state index >= 15 is 0 Å². The van der Waals surface area contributed by atoms with Crippen molar-refractivity contribution in [3.05, 3.63) is 48.2 Å². The van der Waals surface area contributed by atoms with Gasteiger partial charge in [0.2, 0.25) is 5.91 Å². The smallest absolute Gasteiger partial charge is 0.322 e. The normalized spacial score (nSPS) is 31.2. The van der Waals surface area contributed by atoms with Gasteiger partial charge in [-0.05, 0) is 126 Å². The molecule has 4 aliphatic carbocycles. The Kier molecular flexibility index (Phi) is 6.76. The summed E-state index contributed by atoms with van der Waals surface area (Å²) in [4.78, 5) is 37.8. The topological polar surface area (TPSA) is 94.8 Å². The molecule has 2 aromatic rings. The number of anilines is 3. The van der Waals surface area contributed by atoms with Crippen LogP contribution in [0.1, 0.15) is 77.2 Å². The van der Waals surface area contributed by atoms with E-state index in [2.05, 4.69) is 60.3 Å². The van der Waals surface area contributed by atoms with Gasteiger partial charge in [0.05, 0.1) is 11.4 Å². The molecule has 3 N–H and O–H groups in total. The second-order valence-electron chi connectivity index (χ2n) is 14.8. The number of urea groups is 1. The number of likely N-dealkylation sites (tertiary alicyclic amines) is 1. The quantitative estimate of drug-likeness (QED) is 0.513. The van der Waals surface area contributed by atoms with Gasteiger partial charge in [0.1, 0.15) is 5.82 Å². The number of benzene rings is 1. The molecule has 8 rings (SSSR count). The standard InChI is InChI=1S/C34H46N6O2/c1-33(2,3)38-12-10-23(11-13-38)24-8-9-29(36-21-24)39-14-15-40(28-7-5-4-6-27(28)39)32(42)37-30-25-16-22-17-26(30)20-34(18-22,19-25)31(35)41/h4-9,21-23,25-26,30H,10-20H2,1-3H3,(H2,35,41)(H,37,42). The molecule has 5 fully saturated rings. The predicted molar refractivity (Wildman–Crippen MR) is 166 cm³/mol. The number of carbonyl (C=O) groups is 2. The lowest BCUT2D eigenvalue weighted by Crippen LogP contribution is -2.63. The van der Waals surface area contributed by atoms with E-state index in [1.165, 1.54) is 18.4 Å². The molecular formula is C34H46N6O2. The Labute approximate surface area is 250 Å². The number of piperidine rings is 1. The first kappa shape index (κ1) is 27.7. The average Bonchev–Trinajstić information content (AvgIpc) is 2.97. The summed E-state index contributed by atoms with van der Waals surface area (Å²) in [6.07, 6.45) is 9.18. The third-order valence-corrected chi connectivity index (χ3v) is 11.3. The molecule has 2 atom stereocenters. The Morgan fingerprint density at radius 3 is 2.24 bits per heavy atom. The van der Waals surface area contributed by atoms with Crippen LogP contribution < -0.4 is 20.9 Å². The molecule has 0 radical (unpaired) electrons. The molecule has 1 saturated heterocycles. The summed E-state index contributed by atoms with van der Waals surface area (Å²) in [5, 5.41) is 3.44. The molecule has 2 unspecified atom stereocenters. The van der Waals surface area contributed by atoms with Crippen LogP contribution in [0.15, 0.2) is 42.6 Å². The van der Waals surface area contributed by atoms with E-state index < -0.39 is 0 Å². The van der Waals surface area contributed by atoms with E-state index in [4.69, 9.17) is 10.7 Å². The van der Waals surface area contributed by atoms with Crippen molar-refractivity contribution in [1.29, 1.82) is 0 Å². The number of nitrogens with two attached hydrogens (primary N) is 1. The van der Waals surface area contributed by atoms with Gasteiger partial charge < -0.3 is 16.0 Å². The Balaban J connectivity index is 1.04. The highest BCUT2D eigenvalue weighted by molar-refractivity contribution is 5.98. The average molecular weight is 571 g/mol. The molecule has 6 aliphatic rings. The number of hydrogen-bond acceptors (Lipinski definition) is 5. The molecule has 4 saturated carbocycles. The number of hydrogen-bond donors (Lipinski definition) is 2. The van der Waals surface area contributed by atoms with Crippen molar-refractivity contribution >= 4 is 29.1 Å². The molecule has 8 heteroatoms. The van der Waals surface area contributed by atoms with Crippen LogP contribution in [0.3, 0.4) is 0 Å². The van der Waals surface area contributed by atoms with Gasteiger partial charge in [-0.1, -0.05) is 18.2 Å². The number of pyridine rings is 1. The maximum Gasteiger partial charge on any atom is 0.322 e. The molecule has 42 heavy (non-hydrogen) atoms. The van der Waals surface area contributed by atoms with Gasteiger partial charge in [0.15, 0.2) is 0 Å². The first-order chi connectivity index (χ1) is 20.1. The number of fused-ring (bicyclic) bond motifs is 1. The molecule has 3 heterocycles. The summed E-state index contributed by atoms with van der Waals surface area (Å²) >= 11 is 0. The second-order valence-corrected chi connectivity index (χ2v) is 14.8. The van der Waals surface area contributed by atoms with Crippen LogP contribution in [0.5, 0.6) is 0 Å². The number of para-hydroxylation sites is 2. The summed E-state index contributed by atoms with van der Waals surface area (Å²) in [5.74, 6) is 2.60. The number of rotatable bonds is 4. The number of aromatic nitrogens is 1. The van der Waals surface area contributed by atoms with Crippen molar-refractivity contribution in [2.24, 2.45) is 28.9 Å². The van der Waals surface area contributed by atoms with Crippen LogP contribution in [-0.2, 0) is 4.79 Å². The highest BCUT2D eigenvalue weighted by Crippen LogP contribution is 2.60. The van der Waals surface area contributed by atoms with Crippen molar-refractivity contribution in [2.45, 2.75) is 83.2 Å². The fourth-order valence-corrected chi connectivity index (χ4v) is 9.28. The maximum absolute atomic E-state index is 13.8. The van der Waals surface area contributed by atoms with E-state index in [0.29, 0.717) is 36.8 Å². The minimum absolute atomic E-state index is 0.0300. The van der Waals surface area contributed by atoms with Crippen LogP contribution in [-0.4, -0.2) is 59.6 Å². The van der Waals surface area contributed by atoms with Crippen LogP contribution in [0.4, 0.5) is 22.0 Å². The zero-order valence-corrected chi connectivity index (χ0v) is 25.4. The maximum atomic E-state index is 13.8. The molecule has 1 aromatic heterocycles. The molecule has 3 amide bonds. The lowest BCUT2D eigenvalue weighted by Gasteiger charge is -2.59. The third-order valence-electron chi connectivity index (χ3n) is 11.3. The van der Waals surface area contributed by atoms with E-state index in [1.54, 1.807) is 0 Å². The largest absolute Gasteiger partial charge is 0.369 e. The van der Waals surface area contributed by atoms with Gasteiger partial charge in [0, 0.05) is 36.3 Å². The zero-order chi connectivity index (χ0) is 29.2. The Morgan fingerprint density at radius 2 is 1.62 bits per heavy atom. The summed E-state index contributed by atoms with van der Waals surface area (Å²) in [5.41, 5.74) is 9.02. The van der Waals surface area contributed by atoms with E-state index in [9.17, 15) is 9.59 Å². The highest BCUT2D eigenvalue weighted by atomic mass is 16.2. The molecule has 224 valence electrons. The minimum Gasteiger partial charge on any atom is -0.369 e. The van der Waals surface area contributed by atoms with Gasteiger partial charge in [-0.25, -0.2) is 9.78 Å². The highest BCUT2D eigenvalue weighted by Gasteiger charge is 2.58. The molecule has 4 bridgehead atoms. The van der Waals surface area contributed by atoms with Crippen LogP contribution >= 0.6 is 0 Å². The van der Waals surface area contributed by atoms with Crippen molar-refractivity contribution in [2.75, 3.05) is 36.0 Å². The third kappa shape index (κ3) is 4.76. The van der Waals surface area contributed by atoms with Gasteiger partial charge in [-0.15, -0.1) is 0 Å². The SMILES string of the molecule is CC(C)(C)N1CCC(c2ccc(N3CCN(C(=O)NC4C5CC6CC4CC(C(N)=O)(C6)C5)c4ccccc43)nc2)CC1. The number of nitrogens with one attached hydrogen (secondary N) is 1. The van der Waals surface area contributed by atoms with Crippen molar-refractivity contribution in [3.8, 4) is 0 Å². The van der Waals surface area contributed by atoms with Gasteiger partial charge >= 0.3 is 6.03 Å². The lowest BCUT2D eigenvalue weighted by atomic mass is 9.47.